The van der Waals surface area contributed by atoms with Crippen molar-refractivity contribution in [2.75, 3.05) is 25.5 Å². The van der Waals surface area contributed by atoms with Gasteiger partial charge < -0.3 is 14.2 Å². The van der Waals surface area contributed by atoms with Gasteiger partial charge in [0.05, 0.1) is 31.6 Å². The lowest BCUT2D eigenvalue weighted by Crippen LogP contribution is -2.30. The van der Waals surface area contributed by atoms with Crippen molar-refractivity contribution in [1.82, 2.24) is 0 Å². The smallest absolute Gasteiger partial charge is 0.209 e. The fourth-order valence-electron chi connectivity index (χ4n) is 1.78. The van der Waals surface area contributed by atoms with Gasteiger partial charge in [-0.25, -0.2) is 0 Å². The zero-order valence-corrected chi connectivity index (χ0v) is 11.0. The summed E-state index contributed by atoms with van der Waals surface area (Å²) in [5.41, 5.74) is 0.876. The van der Waals surface area contributed by atoms with E-state index in [1.54, 1.807) is 7.11 Å². The van der Waals surface area contributed by atoms with Crippen LogP contribution in [0.25, 0.3) is 0 Å². The molecular weight excluding hydrogens is 263 g/mol. The summed E-state index contributed by atoms with van der Waals surface area (Å²) in [5, 5.41) is 0. The van der Waals surface area contributed by atoms with Crippen LogP contribution in [0.3, 0.4) is 0 Å². The molecule has 17 heavy (non-hydrogen) atoms. The second-order valence-corrected chi connectivity index (χ2v) is 4.40. The quantitative estimate of drug-likeness (QED) is 0.792. The van der Waals surface area contributed by atoms with E-state index in [1.165, 1.54) is 0 Å². The Balaban J connectivity index is 2.22. The molecular formula is C12H14Cl2O3. The first kappa shape index (κ1) is 13.0. The Kier molecular flexibility index (Phi) is 4.15. The monoisotopic (exact) mass is 276 g/mol. The lowest BCUT2D eigenvalue weighted by atomic mass is 10.1. The lowest BCUT2D eigenvalue weighted by molar-refractivity contribution is -0.156. The highest BCUT2D eigenvalue weighted by Crippen LogP contribution is 2.36. The van der Waals surface area contributed by atoms with Crippen LogP contribution in [0, 0.1) is 0 Å². The van der Waals surface area contributed by atoms with E-state index in [0.29, 0.717) is 12.5 Å². The molecule has 1 aromatic rings. The SMILES string of the molecule is COc1ccc(C2(CCl)OC[C@@H](CCl)O2)cc1. The fraction of sp³-hybridized carbons (Fsp3) is 0.500. The predicted molar refractivity (Wildman–Crippen MR) is 66.9 cm³/mol. The van der Waals surface area contributed by atoms with E-state index >= 15 is 0 Å². The van der Waals surface area contributed by atoms with Crippen molar-refractivity contribution in [3.8, 4) is 5.75 Å². The molecule has 1 aliphatic rings. The van der Waals surface area contributed by atoms with E-state index in [-0.39, 0.29) is 12.0 Å². The number of ether oxygens (including phenoxy) is 3. The molecule has 0 aliphatic carbocycles. The topological polar surface area (TPSA) is 27.7 Å². The minimum atomic E-state index is -0.882. The van der Waals surface area contributed by atoms with Gasteiger partial charge in [-0.05, 0) is 24.3 Å². The van der Waals surface area contributed by atoms with Gasteiger partial charge >= 0.3 is 0 Å². The molecule has 0 spiro atoms. The minimum absolute atomic E-state index is 0.113. The third-order valence-electron chi connectivity index (χ3n) is 2.74. The summed E-state index contributed by atoms with van der Waals surface area (Å²) in [6.07, 6.45) is -0.113. The number of hydrogen-bond acceptors (Lipinski definition) is 3. The van der Waals surface area contributed by atoms with E-state index in [0.717, 1.165) is 11.3 Å². The summed E-state index contributed by atoms with van der Waals surface area (Å²) in [6, 6.07) is 7.48. The van der Waals surface area contributed by atoms with Gasteiger partial charge in [-0.15, -0.1) is 23.2 Å². The lowest BCUT2D eigenvalue weighted by Gasteiger charge is -2.26. The normalized spacial score (nSPS) is 28.3. The van der Waals surface area contributed by atoms with Gasteiger partial charge in [-0.1, -0.05) is 0 Å². The standard InChI is InChI=1S/C12H14Cl2O3/c1-15-10-4-2-9(3-5-10)12(8-14)16-7-11(6-13)17-12/h2-5,11H,6-8H2,1H3/t11-,12?/m1/s1. The van der Waals surface area contributed by atoms with Gasteiger partial charge in [0.25, 0.3) is 0 Å². The molecule has 94 valence electrons. The first-order valence-electron chi connectivity index (χ1n) is 5.32. The van der Waals surface area contributed by atoms with Crippen molar-refractivity contribution in [1.29, 1.82) is 0 Å². The summed E-state index contributed by atoms with van der Waals surface area (Å²) >= 11 is 11.7. The fourth-order valence-corrected chi connectivity index (χ4v) is 2.23. The van der Waals surface area contributed by atoms with Crippen molar-refractivity contribution in [3.05, 3.63) is 29.8 Å². The van der Waals surface area contributed by atoms with E-state index in [4.69, 9.17) is 37.4 Å². The first-order chi connectivity index (χ1) is 8.24. The molecule has 5 heteroatoms. The Labute approximate surface area is 111 Å². The van der Waals surface area contributed by atoms with E-state index in [1.807, 2.05) is 24.3 Å². The van der Waals surface area contributed by atoms with E-state index in [2.05, 4.69) is 0 Å². The van der Waals surface area contributed by atoms with Crippen LogP contribution in [0.5, 0.6) is 5.75 Å². The third kappa shape index (κ3) is 2.52. The second-order valence-electron chi connectivity index (χ2n) is 3.82. The van der Waals surface area contributed by atoms with Crippen molar-refractivity contribution >= 4 is 23.2 Å². The molecule has 1 fully saturated rings. The summed E-state index contributed by atoms with van der Waals surface area (Å²) in [6.45, 7) is 0.461. The average molecular weight is 277 g/mol. The minimum Gasteiger partial charge on any atom is -0.497 e. The van der Waals surface area contributed by atoms with Crippen molar-refractivity contribution in [2.45, 2.75) is 11.9 Å². The maximum absolute atomic E-state index is 5.97. The van der Waals surface area contributed by atoms with Crippen LogP contribution >= 0.6 is 23.2 Å². The van der Waals surface area contributed by atoms with Crippen LogP contribution in [0.2, 0.25) is 0 Å². The third-order valence-corrected chi connectivity index (χ3v) is 3.43. The number of halogens is 2. The molecule has 0 radical (unpaired) electrons. The number of hydrogen-bond donors (Lipinski definition) is 0. The largest absolute Gasteiger partial charge is 0.497 e. The summed E-state index contributed by atoms with van der Waals surface area (Å²) in [4.78, 5) is 0. The number of rotatable bonds is 4. The van der Waals surface area contributed by atoms with Crippen LogP contribution in [0.1, 0.15) is 5.56 Å². The molecule has 0 saturated carbocycles. The molecule has 2 rings (SSSR count). The van der Waals surface area contributed by atoms with Crippen molar-refractivity contribution in [3.63, 3.8) is 0 Å². The number of methoxy groups -OCH3 is 1. The highest BCUT2D eigenvalue weighted by Gasteiger charge is 2.42. The highest BCUT2D eigenvalue weighted by atomic mass is 35.5. The van der Waals surface area contributed by atoms with E-state index < -0.39 is 5.79 Å². The molecule has 1 unspecified atom stereocenters. The maximum Gasteiger partial charge on any atom is 0.209 e. The van der Waals surface area contributed by atoms with Gasteiger partial charge in [0.1, 0.15) is 5.75 Å². The Morgan fingerprint density at radius 3 is 2.53 bits per heavy atom. The molecule has 0 bridgehead atoms. The Morgan fingerprint density at radius 1 is 1.35 bits per heavy atom. The molecule has 1 aromatic carbocycles. The summed E-state index contributed by atoms with van der Waals surface area (Å²) in [5.74, 6) is 0.528. The molecule has 0 aromatic heterocycles. The molecule has 2 atom stereocenters. The summed E-state index contributed by atoms with van der Waals surface area (Å²) < 4.78 is 16.6. The van der Waals surface area contributed by atoms with Crippen molar-refractivity contribution in [2.24, 2.45) is 0 Å². The van der Waals surface area contributed by atoms with Gasteiger partial charge in [0.15, 0.2) is 0 Å². The average Bonchev–Trinajstić information content (AvgIpc) is 2.84. The van der Waals surface area contributed by atoms with Gasteiger partial charge in [0.2, 0.25) is 5.79 Å². The maximum atomic E-state index is 5.97. The molecule has 1 saturated heterocycles. The van der Waals surface area contributed by atoms with Crippen molar-refractivity contribution < 1.29 is 14.2 Å². The van der Waals surface area contributed by atoms with Gasteiger partial charge in [-0.2, -0.15) is 0 Å². The molecule has 1 heterocycles. The summed E-state index contributed by atoms with van der Waals surface area (Å²) in [7, 11) is 1.62. The Hall–Kier alpha value is -0.480. The molecule has 0 amide bonds. The zero-order valence-electron chi connectivity index (χ0n) is 9.49. The number of alkyl halides is 2. The first-order valence-corrected chi connectivity index (χ1v) is 6.39. The molecule has 1 aliphatic heterocycles. The van der Waals surface area contributed by atoms with Crippen LogP contribution in [0.4, 0.5) is 0 Å². The van der Waals surface area contributed by atoms with Crippen LogP contribution in [-0.2, 0) is 15.3 Å². The highest BCUT2D eigenvalue weighted by molar-refractivity contribution is 6.18. The Bertz CT molecular complexity index is 369. The predicted octanol–water partition coefficient (Wildman–Crippen LogP) is 2.74. The van der Waals surface area contributed by atoms with Gasteiger partial charge in [-0.3, -0.25) is 0 Å². The van der Waals surface area contributed by atoms with Gasteiger partial charge in [0, 0.05) is 5.56 Å². The van der Waals surface area contributed by atoms with Crippen LogP contribution in [-0.4, -0.2) is 31.6 Å². The zero-order chi connectivity index (χ0) is 12.3. The van der Waals surface area contributed by atoms with E-state index in [9.17, 15) is 0 Å². The van der Waals surface area contributed by atoms with Crippen LogP contribution < -0.4 is 4.74 Å². The van der Waals surface area contributed by atoms with Crippen LogP contribution in [0.15, 0.2) is 24.3 Å². The second kappa shape index (κ2) is 5.44. The Morgan fingerprint density at radius 2 is 2.06 bits per heavy atom. The molecule has 0 N–H and O–H groups in total. The molecule has 3 nitrogen and oxygen atoms in total. The number of benzene rings is 1.